The smallest absolute Gasteiger partial charge is 0.357 e. The molecule has 0 aromatic heterocycles. The van der Waals surface area contributed by atoms with E-state index >= 15 is 0 Å². The van der Waals surface area contributed by atoms with E-state index in [1.165, 1.54) is 10.5 Å². The van der Waals surface area contributed by atoms with E-state index in [1.54, 1.807) is 0 Å². The number of alkyl halides is 3. The maximum absolute atomic E-state index is 12.6. The van der Waals surface area contributed by atoms with Crippen molar-refractivity contribution in [2.24, 2.45) is 4.99 Å². The highest BCUT2D eigenvalue weighted by atomic mass is 19.4. The van der Waals surface area contributed by atoms with Crippen LogP contribution in [0.15, 0.2) is 35.3 Å². The minimum atomic E-state index is -4.15. The number of aliphatic imine (C=N–C) groups is 1. The molecule has 8 heteroatoms. The number of hydrogen-bond acceptors (Lipinski definition) is 3. The minimum Gasteiger partial charge on any atom is -0.357 e. The van der Waals surface area contributed by atoms with Gasteiger partial charge in [-0.25, -0.2) is 0 Å². The summed E-state index contributed by atoms with van der Waals surface area (Å²) in [7, 11) is 2.07. The number of likely N-dealkylation sites (tertiary alicyclic amines) is 1. The molecule has 2 N–H and O–H groups in total. The first-order valence-corrected chi connectivity index (χ1v) is 9.85. The van der Waals surface area contributed by atoms with E-state index in [4.69, 9.17) is 0 Å². The van der Waals surface area contributed by atoms with Crippen LogP contribution in [0, 0.1) is 0 Å². The number of nitrogens with zero attached hydrogens (tertiary/aromatic N) is 3. The van der Waals surface area contributed by atoms with Crippen molar-refractivity contribution in [3.8, 4) is 0 Å². The van der Waals surface area contributed by atoms with Gasteiger partial charge < -0.3 is 10.6 Å². The summed E-state index contributed by atoms with van der Waals surface area (Å²) in [6.45, 7) is 6.25. The monoisotopic (exact) mass is 399 g/mol. The molecule has 5 nitrogen and oxygen atoms in total. The third kappa shape index (κ3) is 8.06. The van der Waals surface area contributed by atoms with E-state index in [-0.39, 0.29) is 12.1 Å². The van der Waals surface area contributed by atoms with Gasteiger partial charge in [-0.2, -0.15) is 13.2 Å². The molecule has 0 radical (unpaired) electrons. The number of nitrogens with one attached hydrogen (secondary N) is 2. The molecular formula is C20H32F3N5. The molecule has 2 rings (SSSR count). The number of hydrogen-bond donors (Lipinski definition) is 2. The molecule has 0 saturated carbocycles. The van der Waals surface area contributed by atoms with Gasteiger partial charge in [0.2, 0.25) is 0 Å². The second-order valence-corrected chi connectivity index (χ2v) is 7.45. The van der Waals surface area contributed by atoms with E-state index in [0.29, 0.717) is 38.6 Å². The average molecular weight is 400 g/mol. The van der Waals surface area contributed by atoms with Gasteiger partial charge in [-0.3, -0.25) is 14.8 Å². The van der Waals surface area contributed by atoms with Gasteiger partial charge in [-0.1, -0.05) is 30.3 Å². The van der Waals surface area contributed by atoms with Crippen LogP contribution in [0.1, 0.15) is 25.8 Å². The third-order valence-electron chi connectivity index (χ3n) is 4.90. The zero-order valence-electron chi connectivity index (χ0n) is 17.0. The van der Waals surface area contributed by atoms with Crippen molar-refractivity contribution in [2.75, 3.05) is 39.8 Å². The molecule has 1 heterocycles. The van der Waals surface area contributed by atoms with Crippen LogP contribution in [0.25, 0.3) is 0 Å². The molecule has 0 bridgehead atoms. The molecule has 2 atom stereocenters. The second-order valence-electron chi connectivity index (χ2n) is 7.45. The predicted octanol–water partition coefficient (Wildman–Crippen LogP) is 2.70. The van der Waals surface area contributed by atoms with Crippen molar-refractivity contribution in [1.82, 2.24) is 20.4 Å². The highest BCUT2D eigenvalue weighted by molar-refractivity contribution is 5.80. The largest absolute Gasteiger partial charge is 0.401 e. The minimum absolute atomic E-state index is 0.0162. The lowest BCUT2D eigenvalue weighted by Crippen LogP contribution is -2.45. The summed E-state index contributed by atoms with van der Waals surface area (Å²) in [5.41, 5.74) is 1.25. The predicted molar refractivity (Wildman–Crippen MR) is 107 cm³/mol. The van der Waals surface area contributed by atoms with Crippen LogP contribution in [-0.4, -0.2) is 73.8 Å². The van der Waals surface area contributed by atoms with Gasteiger partial charge in [0.25, 0.3) is 0 Å². The fourth-order valence-electron chi connectivity index (χ4n) is 3.25. The van der Waals surface area contributed by atoms with Gasteiger partial charge in [-0.15, -0.1) is 0 Å². The zero-order valence-corrected chi connectivity index (χ0v) is 17.0. The fourth-order valence-corrected chi connectivity index (χ4v) is 3.25. The molecule has 0 aliphatic carbocycles. The van der Waals surface area contributed by atoms with Crippen molar-refractivity contribution in [2.45, 2.75) is 45.1 Å². The number of halogens is 3. The molecule has 1 fully saturated rings. The Morgan fingerprint density at radius 3 is 2.68 bits per heavy atom. The molecule has 2 unspecified atom stereocenters. The van der Waals surface area contributed by atoms with Crippen molar-refractivity contribution in [3.63, 3.8) is 0 Å². The Balaban J connectivity index is 1.84. The molecular weight excluding hydrogens is 367 g/mol. The van der Waals surface area contributed by atoms with E-state index in [0.717, 1.165) is 6.54 Å². The summed E-state index contributed by atoms with van der Waals surface area (Å²) in [4.78, 5) is 8.33. The number of guanidine groups is 1. The normalized spacial score (nSPS) is 19.8. The summed E-state index contributed by atoms with van der Waals surface area (Å²) >= 11 is 0. The van der Waals surface area contributed by atoms with Crippen molar-refractivity contribution in [3.05, 3.63) is 35.9 Å². The molecule has 28 heavy (non-hydrogen) atoms. The van der Waals surface area contributed by atoms with Crippen LogP contribution in [0.2, 0.25) is 0 Å². The lowest BCUT2D eigenvalue weighted by molar-refractivity contribution is -0.143. The Kier molecular flexibility index (Phi) is 8.57. The third-order valence-corrected chi connectivity index (χ3v) is 4.90. The van der Waals surface area contributed by atoms with Gasteiger partial charge in [0.05, 0.1) is 13.1 Å². The van der Waals surface area contributed by atoms with Crippen LogP contribution in [0.3, 0.4) is 0 Å². The lowest BCUT2D eigenvalue weighted by atomic mass is 10.2. The molecule has 0 spiro atoms. The first-order valence-electron chi connectivity index (χ1n) is 9.85. The number of likely N-dealkylation sites (N-methyl/N-ethyl adjacent to an activating group) is 1. The zero-order chi connectivity index (χ0) is 20.6. The van der Waals surface area contributed by atoms with Crippen LogP contribution >= 0.6 is 0 Å². The van der Waals surface area contributed by atoms with Crippen LogP contribution in [0.5, 0.6) is 0 Å². The van der Waals surface area contributed by atoms with E-state index in [9.17, 15) is 13.2 Å². The molecule has 1 aliphatic heterocycles. The molecule has 0 amide bonds. The van der Waals surface area contributed by atoms with Gasteiger partial charge in [0.1, 0.15) is 0 Å². The average Bonchev–Trinajstić information content (AvgIpc) is 3.05. The Labute approximate surface area is 166 Å². The van der Waals surface area contributed by atoms with Gasteiger partial charge in [0.15, 0.2) is 5.96 Å². The van der Waals surface area contributed by atoms with Crippen molar-refractivity contribution < 1.29 is 13.2 Å². The lowest BCUT2D eigenvalue weighted by Gasteiger charge is -2.24. The van der Waals surface area contributed by atoms with Crippen LogP contribution < -0.4 is 10.6 Å². The summed E-state index contributed by atoms with van der Waals surface area (Å²) in [5.74, 6) is 0.668. The molecule has 1 aliphatic rings. The Morgan fingerprint density at radius 1 is 1.32 bits per heavy atom. The quantitative estimate of drug-likeness (QED) is 0.521. The molecule has 1 aromatic rings. The summed E-state index contributed by atoms with van der Waals surface area (Å²) in [5, 5.41) is 6.48. The number of benzene rings is 1. The first kappa shape index (κ1) is 22.5. The van der Waals surface area contributed by atoms with E-state index in [2.05, 4.69) is 46.6 Å². The summed E-state index contributed by atoms with van der Waals surface area (Å²) < 4.78 is 37.7. The topological polar surface area (TPSA) is 42.9 Å². The van der Waals surface area contributed by atoms with E-state index < -0.39 is 12.7 Å². The van der Waals surface area contributed by atoms with Crippen molar-refractivity contribution >= 4 is 5.96 Å². The highest BCUT2D eigenvalue weighted by Gasteiger charge is 2.34. The summed E-state index contributed by atoms with van der Waals surface area (Å²) in [6, 6.07) is 10.5. The second kappa shape index (κ2) is 10.7. The number of rotatable bonds is 8. The van der Waals surface area contributed by atoms with Crippen LogP contribution in [-0.2, 0) is 6.54 Å². The first-order chi connectivity index (χ1) is 13.3. The van der Waals surface area contributed by atoms with Gasteiger partial charge >= 0.3 is 6.18 Å². The standard InChI is InChI=1S/C20H32F3N5/c1-4-24-19(26-18-10-11-28(14-18)15-20(21,22)23)25-12-16(2)27(3)13-17-8-6-5-7-9-17/h5-9,16,18H,4,10-15H2,1-3H3,(H2,24,25,26). The van der Waals surface area contributed by atoms with Crippen molar-refractivity contribution in [1.29, 1.82) is 0 Å². The Morgan fingerprint density at radius 2 is 2.04 bits per heavy atom. The molecule has 1 saturated heterocycles. The fraction of sp³-hybridized carbons (Fsp3) is 0.650. The SMILES string of the molecule is CCNC(=NCC(C)N(C)Cc1ccccc1)NC1CCN(CC(F)(F)F)C1. The van der Waals surface area contributed by atoms with Gasteiger partial charge in [0, 0.05) is 38.3 Å². The molecule has 158 valence electrons. The van der Waals surface area contributed by atoms with Gasteiger partial charge in [-0.05, 0) is 32.9 Å². The maximum atomic E-state index is 12.6. The van der Waals surface area contributed by atoms with E-state index in [1.807, 2.05) is 25.1 Å². The Bertz CT molecular complexity index is 606. The Hall–Kier alpha value is -1.80. The maximum Gasteiger partial charge on any atom is 0.401 e. The highest BCUT2D eigenvalue weighted by Crippen LogP contribution is 2.19. The molecule has 1 aromatic carbocycles. The summed E-state index contributed by atoms with van der Waals surface area (Å²) in [6.07, 6.45) is -3.46. The van der Waals surface area contributed by atoms with Crippen LogP contribution in [0.4, 0.5) is 13.2 Å².